The van der Waals surface area contributed by atoms with E-state index in [-0.39, 0.29) is 10.6 Å². The zero-order valence-electron chi connectivity index (χ0n) is 11.0. The highest BCUT2D eigenvalue weighted by Gasteiger charge is 2.28. The molecule has 0 saturated heterocycles. The fraction of sp³-hybridized carbons (Fsp3) is 0.538. The van der Waals surface area contributed by atoms with Crippen molar-refractivity contribution in [2.75, 3.05) is 26.9 Å². The molecule has 5 heteroatoms. The third kappa shape index (κ3) is 3.78. The second-order valence-electron chi connectivity index (χ2n) is 4.70. The van der Waals surface area contributed by atoms with E-state index in [1.54, 1.807) is 25.3 Å². The van der Waals surface area contributed by atoms with Crippen LogP contribution in [0.3, 0.4) is 0 Å². The lowest BCUT2D eigenvalue weighted by Gasteiger charge is -2.24. The van der Waals surface area contributed by atoms with Crippen molar-refractivity contribution in [2.45, 2.75) is 19.3 Å². The molecule has 0 heterocycles. The summed E-state index contributed by atoms with van der Waals surface area (Å²) in [5.41, 5.74) is 0.419. The van der Waals surface area contributed by atoms with Crippen LogP contribution in [-0.4, -0.2) is 31.9 Å². The molecule has 5 nitrogen and oxygen atoms in total. The summed E-state index contributed by atoms with van der Waals surface area (Å²) in [6.45, 7) is 5.29. The maximum Gasteiger partial charge on any atom is 0.273 e. The van der Waals surface area contributed by atoms with Crippen LogP contribution in [-0.2, 0) is 14.9 Å². The lowest BCUT2D eigenvalue weighted by atomic mass is 9.84. The molecule has 1 aromatic rings. The number of benzene rings is 1. The largest absolute Gasteiger partial charge is 0.382 e. The molecule has 0 aliphatic rings. The molecule has 0 fully saturated rings. The SMILES string of the molecule is COCCOCC(C)(C)c1ccccc1[N+](=O)[O-]. The lowest BCUT2D eigenvalue weighted by molar-refractivity contribution is -0.386. The van der Waals surface area contributed by atoms with Crippen molar-refractivity contribution >= 4 is 5.69 Å². The number of rotatable bonds is 7. The molecule has 0 atom stereocenters. The Bertz CT molecular complexity index is 404. The van der Waals surface area contributed by atoms with Crippen LogP contribution in [0.5, 0.6) is 0 Å². The van der Waals surface area contributed by atoms with E-state index in [0.29, 0.717) is 25.4 Å². The van der Waals surface area contributed by atoms with Gasteiger partial charge >= 0.3 is 0 Å². The maximum absolute atomic E-state index is 11.0. The molecule has 0 aliphatic carbocycles. The fourth-order valence-corrected chi connectivity index (χ4v) is 1.75. The molecule has 0 spiro atoms. The normalized spacial score (nSPS) is 11.5. The second-order valence-corrected chi connectivity index (χ2v) is 4.70. The van der Waals surface area contributed by atoms with E-state index in [0.717, 1.165) is 0 Å². The summed E-state index contributed by atoms with van der Waals surface area (Å²) < 4.78 is 10.4. The van der Waals surface area contributed by atoms with Gasteiger partial charge < -0.3 is 9.47 Å². The molecule has 0 aliphatic heterocycles. The van der Waals surface area contributed by atoms with Gasteiger partial charge in [-0.15, -0.1) is 0 Å². The number of ether oxygens (including phenoxy) is 2. The predicted octanol–water partition coefficient (Wildman–Crippen LogP) is 2.54. The minimum atomic E-state index is -0.405. The highest BCUT2D eigenvalue weighted by atomic mass is 16.6. The van der Waals surface area contributed by atoms with E-state index < -0.39 is 5.41 Å². The molecule has 18 heavy (non-hydrogen) atoms. The molecule has 0 radical (unpaired) electrons. The van der Waals surface area contributed by atoms with E-state index in [1.807, 2.05) is 13.8 Å². The van der Waals surface area contributed by atoms with Crippen LogP contribution in [0.15, 0.2) is 24.3 Å². The monoisotopic (exact) mass is 253 g/mol. The fourth-order valence-electron chi connectivity index (χ4n) is 1.75. The van der Waals surface area contributed by atoms with Gasteiger partial charge in [-0.1, -0.05) is 32.0 Å². The first kappa shape index (κ1) is 14.6. The molecule has 0 N–H and O–H groups in total. The zero-order chi connectivity index (χ0) is 13.6. The molecule has 1 aromatic carbocycles. The van der Waals surface area contributed by atoms with E-state index in [9.17, 15) is 10.1 Å². The van der Waals surface area contributed by atoms with Crippen LogP contribution in [0.4, 0.5) is 5.69 Å². The average molecular weight is 253 g/mol. The van der Waals surface area contributed by atoms with E-state index in [4.69, 9.17) is 9.47 Å². The van der Waals surface area contributed by atoms with Gasteiger partial charge in [-0.05, 0) is 0 Å². The molecule has 100 valence electrons. The summed E-state index contributed by atoms with van der Waals surface area (Å²) in [6, 6.07) is 6.77. The Hall–Kier alpha value is -1.46. The molecule has 0 aromatic heterocycles. The van der Waals surface area contributed by atoms with Crippen molar-refractivity contribution in [3.05, 3.63) is 39.9 Å². The van der Waals surface area contributed by atoms with Gasteiger partial charge in [0.1, 0.15) is 0 Å². The number of hydrogen-bond acceptors (Lipinski definition) is 4. The van der Waals surface area contributed by atoms with E-state index in [1.165, 1.54) is 6.07 Å². The number of nitro benzene ring substituents is 1. The second kappa shape index (κ2) is 6.47. The average Bonchev–Trinajstić information content (AvgIpc) is 2.35. The third-order valence-electron chi connectivity index (χ3n) is 2.72. The summed E-state index contributed by atoms with van der Waals surface area (Å²) in [6.07, 6.45) is 0. The van der Waals surface area contributed by atoms with Crippen LogP contribution >= 0.6 is 0 Å². The van der Waals surface area contributed by atoms with Crippen LogP contribution in [0.2, 0.25) is 0 Å². The summed E-state index contributed by atoms with van der Waals surface area (Å²) in [5, 5.41) is 11.0. The summed E-state index contributed by atoms with van der Waals surface area (Å²) in [7, 11) is 1.61. The standard InChI is InChI=1S/C13H19NO4/c1-13(2,10-18-9-8-17-3)11-6-4-5-7-12(11)14(15)16/h4-7H,8-10H2,1-3H3. The van der Waals surface area contributed by atoms with E-state index in [2.05, 4.69) is 0 Å². The van der Waals surface area contributed by atoms with E-state index >= 15 is 0 Å². The van der Waals surface area contributed by atoms with Gasteiger partial charge in [0, 0.05) is 24.2 Å². The van der Waals surface area contributed by atoms with Crippen molar-refractivity contribution in [3.8, 4) is 0 Å². The molecule has 0 saturated carbocycles. The Morgan fingerprint density at radius 2 is 1.94 bits per heavy atom. The smallest absolute Gasteiger partial charge is 0.273 e. The van der Waals surface area contributed by atoms with Gasteiger partial charge in [0.15, 0.2) is 0 Å². The van der Waals surface area contributed by atoms with Crippen LogP contribution in [0.1, 0.15) is 19.4 Å². The Balaban J connectivity index is 2.80. The van der Waals surface area contributed by atoms with Gasteiger partial charge in [0.2, 0.25) is 0 Å². The quantitative estimate of drug-likeness (QED) is 0.425. The van der Waals surface area contributed by atoms with Crippen molar-refractivity contribution in [1.29, 1.82) is 0 Å². The van der Waals surface area contributed by atoms with Gasteiger partial charge in [-0.3, -0.25) is 10.1 Å². The third-order valence-corrected chi connectivity index (χ3v) is 2.72. The maximum atomic E-state index is 11.0. The van der Waals surface area contributed by atoms with Gasteiger partial charge in [-0.25, -0.2) is 0 Å². The van der Waals surface area contributed by atoms with Crippen LogP contribution in [0.25, 0.3) is 0 Å². The number of para-hydroxylation sites is 1. The molecule has 1 rings (SSSR count). The summed E-state index contributed by atoms with van der Waals surface area (Å²) >= 11 is 0. The number of methoxy groups -OCH3 is 1. The van der Waals surface area contributed by atoms with Crippen LogP contribution in [0, 0.1) is 10.1 Å². The lowest BCUT2D eigenvalue weighted by Crippen LogP contribution is -2.26. The Labute approximate surface area is 107 Å². The van der Waals surface area contributed by atoms with Crippen molar-refractivity contribution in [3.63, 3.8) is 0 Å². The van der Waals surface area contributed by atoms with Crippen molar-refractivity contribution < 1.29 is 14.4 Å². The summed E-state index contributed by atoms with van der Waals surface area (Å²) in [5.74, 6) is 0. The number of hydrogen-bond donors (Lipinski definition) is 0. The van der Waals surface area contributed by atoms with Gasteiger partial charge in [-0.2, -0.15) is 0 Å². The summed E-state index contributed by atoms with van der Waals surface area (Å²) in [4.78, 5) is 10.6. The Morgan fingerprint density at radius 3 is 2.56 bits per heavy atom. The minimum Gasteiger partial charge on any atom is -0.382 e. The zero-order valence-corrected chi connectivity index (χ0v) is 11.0. The molecule has 0 bridgehead atoms. The highest BCUT2D eigenvalue weighted by Crippen LogP contribution is 2.31. The van der Waals surface area contributed by atoms with Gasteiger partial charge in [0.25, 0.3) is 5.69 Å². The topological polar surface area (TPSA) is 61.6 Å². The van der Waals surface area contributed by atoms with Gasteiger partial charge in [0.05, 0.1) is 24.7 Å². The first-order valence-electron chi connectivity index (χ1n) is 5.79. The number of nitro groups is 1. The van der Waals surface area contributed by atoms with Crippen molar-refractivity contribution in [1.82, 2.24) is 0 Å². The predicted molar refractivity (Wildman–Crippen MR) is 68.8 cm³/mol. The highest BCUT2D eigenvalue weighted by molar-refractivity contribution is 5.44. The molecular weight excluding hydrogens is 234 g/mol. The first-order chi connectivity index (χ1) is 8.49. The van der Waals surface area contributed by atoms with Crippen LogP contribution < -0.4 is 0 Å². The molecule has 0 unspecified atom stereocenters. The Kier molecular flexibility index (Phi) is 5.25. The Morgan fingerprint density at radius 1 is 1.28 bits per heavy atom. The molecule has 0 amide bonds. The first-order valence-corrected chi connectivity index (χ1v) is 5.79. The van der Waals surface area contributed by atoms with Crippen molar-refractivity contribution in [2.24, 2.45) is 0 Å². The number of nitrogens with zero attached hydrogens (tertiary/aromatic N) is 1. The molecular formula is C13H19NO4. The minimum absolute atomic E-state index is 0.137.